The van der Waals surface area contributed by atoms with E-state index in [0.29, 0.717) is 5.25 Å². The number of aryl methyl sites for hydroxylation is 1. The average Bonchev–Trinajstić information content (AvgIpc) is 2.27. The Morgan fingerprint density at radius 2 is 2.05 bits per heavy atom. The van der Waals surface area contributed by atoms with Gasteiger partial charge in [0.1, 0.15) is 7.22 Å². The second kappa shape index (κ2) is 7.90. The molecule has 0 radical (unpaired) electrons. The molecule has 1 rings (SSSR count). The Bertz CT molecular complexity index is 409. The molecule has 0 aliphatic rings. The SMILES string of the molecule is CCCC(C/N=C/c1cccc(C)c1)S[Si](C)(C)C. The molecule has 0 fully saturated rings. The van der Waals surface area contributed by atoms with E-state index in [4.69, 9.17) is 0 Å². The molecule has 3 heteroatoms. The van der Waals surface area contributed by atoms with Gasteiger partial charge in [-0.25, -0.2) is 0 Å². The van der Waals surface area contributed by atoms with Gasteiger partial charge in [-0.15, -0.1) is 0 Å². The van der Waals surface area contributed by atoms with Gasteiger partial charge in [-0.05, 0) is 18.9 Å². The van der Waals surface area contributed by atoms with Gasteiger partial charge in [0.15, 0.2) is 0 Å². The van der Waals surface area contributed by atoms with Crippen LogP contribution < -0.4 is 0 Å². The molecule has 19 heavy (non-hydrogen) atoms. The number of hydrogen-bond acceptors (Lipinski definition) is 2. The van der Waals surface area contributed by atoms with Crippen molar-refractivity contribution in [1.29, 1.82) is 0 Å². The van der Waals surface area contributed by atoms with E-state index in [2.05, 4.69) is 74.0 Å². The number of rotatable bonds is 7. The Kier molecular flexibility index (Phi) is 6.87. The molecule has 0 heterocycles. The van der Waals surface area contributed by atoms with E-state index in [1.165, 1.54) is 24.0 Å². The number of aliphatic imine (C=N–C) groups is 1. The van der Waals surface area contributed by atoms with E-state index in [-0.39, 0.29) is 0 Å². The molecule has 1 nitrogen and oxygen atoms in total. The molecule has 0 saturated heterocycles. The second-order valence-corrected chi connectivity index (χ2v) is 15.6. The van der Waals surface area contributed by atoms with Crippen LogP contribution in [0.4, 0.5) is 0 Å². The summed E-state index contributed by atoms with van der Waals surface area (Å²) < 4.78 is 0. The summed E-state index contributed by atoms with van der Waals surface area (Å²) in [6, 6.07) is 8.52. The predicted molar refractivity (Wildman–Crippen MR) is 93.3 cm³/mol. The van der Waals surface area contributed by atoms with Gasteiger partial charge in [-0.3, -0.25) is 4.99 Å². The normalized spacial score (nSPS) is 13.9. The number of nitrogens with zero attached hydrogens (tertiary/aromatic N) is 1. The number of benzene rings is 1. The predicted octanol–water partition coefficient (Wildman–Crippen LogP) is 5.15. The number of hydrogen-bond donors (Lipinski definition) is 0. The van der Waals surface area contributed by atoms with Crippen LogP contribution in [0.1, 0.15) is 30.9 Å². The summed E-state index contributed by atoms with van der Waals surface area (Å²) in [6.07, 6.45) is 4.56. The molecule has 1 atom stereocenters. The Morgan fingerprint density at radius 1 is 1.32 bits per heavy atom. The van der Waals surface area contributed by atoms with Gasteiger partial charge in [0, 0.05) is 11.5 Å². The molecule has 1 unspecified atom stereocenters. The molecule has 0 N–H and O–H groups in total. The maximum absolute atomic E-state index is 4.66. The van der Waals surface area contributed by atoms with Crippen molar-refractivity contribution in [3.63, 3.8) is 0 Å². The van der Waals surface area contributed by atoms with E-state index in [9.17, 15) is 0 Å². The summed E-state index contributed by atoms with van der Waals surface area (Å²) in [5.74, 6) is 0. The highest BCUT2D eigenvalue weighted by Crippen LogP contribution is 2.27. The van der Waals surface area contributed by atoms with Gasteiger partial charge < -0.3 is 0 Å². The summed E-state index contributed by atoms with van der Waals surface area (Å²) in [5.41, 5.74) is 2.51. The van der Waals surface area contributed by atoms with Crippen LogP contribution in [0.5, 0.6) is 0 Å². The highest BCUT2D eigenvalue weighted by atomic mass is 32.4. The summed E-state index contributed by atoms with van der Waals surface area (Å²) in [5, 5.41) is 0.692. The van der Waals surface area contributed by atoms with Crippen LogP contribution in [0.15, 0.2) is 29.3 Å². The fourth-order valence-electron chi connectivity index (χ4n) is 2.04. The first-order valence-corrected chi connectivity index (χ1v) is 12.3. The lowest BCUT2D eigenvalue weighted by atomic mass is 10.1. The van der Waals surface area contributed by atoms with Crippen LogP contribution >= 0.6 is 11.2 Å². The fourth-order valence-corrected chi connectivity index (χ4v) is 7.13. The maximum atomic E-state index is 4.66. The van der Waals surface area contributed by atoms with Crippen molar-refractivity contribution in [3.8, 4) is 0 Å². The molecule has 0 aromatic heterocycles. The molecule has 0 bridgehead atoms. The zero-order chi connectivity index (χ0) is 14.3. The van der Waals surface area contributed by atoms with Crippen LogP contribution in [0, 0.1) is 6.92 Å². The summed E-state index contributed by atoms with van der Waals surface area (Å²) in [4.78, 5) is 4.66. The van der Waals surface area contributed by atoms with Crippen LogP contribution in [0.25, 0.3) is 0 Å². The Balaban J connectivity index is 2.55. The van der Waals surface area contributed by atoms with Crippen LogP contribution in [0.3, 0.4) is 0 Å². The lowest BCUT2D eigenvalue weighted by molar-refractivity contribution is 0.748. The Labute approximate surface area is 123 Å². The molecule has 106 valence electrons. The molecule has 1 aromatic carbocycles. The van der Waals surface area contributed by atoms with Crippen LogP contribution in [-0.2, 0) is 0 Å². The Hall–Kier alpha value is -0.543. The second-order valence-electron chi connectivity index (χ2n) is 6.05. The zero-order valence-electron chi connectivity index (χ0n) is 12.9. The van der Waals surface area contributed by atoms with Crippen molar-refractivity contribution in [2.24, 2.45) is 4.99 Å². The quantitative estimate of drug-likeness (QED) is 0.500. The lowest BCUT2D eigenvalue weighted by Crippen LogP contribution is -2.22. The van der Waals surface area contributed by atoms with E-state index in [1.54, 1.807) is 0 Å². The first-order valence-electron chi connectivity index (χ1n) is 7.15. The maximum Gasteiger partial charge on any atom is 0.108 e. The highest BCUT2D eigenvalue weighted by molar-refractivity contribution is 8.29. The van der Waals surface area contributed by atoms with Gasteiger partial charge in [0.05, 0.1) is 6.54 Å². The minimum absolute atomic E-state index is 0.692. The van der Waals surface area contributed by atoms with Gasteiger partial charge in [0.25, 0.3) is 0 Å². The highest BCUT2D eigenvalue weighted by Gasteiger charge is 2.19. The van der Waals surface area contributed by atoms with Crippen molar-refractivity contribution in [2.45, 2.75) is 51.6 Å². The largest absolute Gasteiger partial charge is 0.291 e. The van der Waals surface area contributed by atoms with Crippen molar-refractivity contribution < 1.29 is 0 Å². The molecule has 0 saturated carbocycles. The van der Waals surface area contributed by atoms with Gasteiger partial charge in [-0.1, -0.05) is 62.8 Å². The van der Waals surface area contributed by atoms with Crippen molar-refractivity contribution >= 4 is 24.6 Å². The molecule has 0 amide bonds. The third-order valence-corrected chi connectivity index (χ3v) is 7.27. The van der Waals surface area contributed by atoms with E-state index >= 15 is 0 Å². The third-order valence-electron chi connectivity index (χ3n) is 2.72. The standard InChI is InChI=1S/C16H27NSSi/c1-6-8-16(18-19(3,4)5)13-17-12-15-10-7-9-14(2)11-15/h7,9-12,16H,6,8,13H2,1-5H3/b17-12+. The summed E-state index contributed by atoms with van der Waals surface area (Å²) >= 11 is 2.19. The van der Waals surface area contributed by atoms with Crippen molar-refractivity contribution in [1.82, 2.24) is 0 Å². The topological polar surface area (TPSA) is 12.4 Å². The van der Waals surface area contributed by atoms with E-state index < -0.39 is 7.22 Å². The molecule has 0 spiro atoms. The molecular weight excluding hydrogens is 266 g/mol. The van der Waals surface area contributed by atoms with Gasteiger partial charge >= 0.3 is 0 Å². The molecular formula is C16H27NSSi. The van der Waals surface area contributed by atoms with Crippen LogP contribution in [-0.4, -0.2) is 25.2 Å². The van der Waals surface area contributed by atoms with Crippen molar-refractivity contribution in [3.05, 3.63) is 35.4 Å². The van der Waals surface area contributed by atoms with Gasteiger partial charge in [0.2, 0.25) is 0 Å². The zero-order valence-corrected chi connectivity index (χ0v) is 14.8. The fraction of sp³-hybridized carbons (Fsp3) is 0.562. The van der Waals surface area contributed by atoms with E-state index in [1.807, 2.05) is 6.21 Å². The Morgan fingerprint density at radius 3 is 2.63 bits per heavy atom. The smallest absolute Gasteiger partial charge is 0.108 e. The summed E-state index contributed by atoms with van der Waals surface area (Å²) in [7, 11) is -1.05. The first-order chi connectivity index (χ1) is 8.90. The molecule has 1 aromatic rings. The molecule has 0 aliphatic heterocycles. The van der Waals surface area contributed by atoms with Crippen molar-refractivity contribution in [2.75, 3.05) is 6.54 Å². The third kappa shape index (κ3) is 7.58. The minimum Gasteiger partial charge on any atom is -0.291 e. The minimum atomic E-state index is -1.05. The van der Waals surface area contributed by atoms with E-state index in [0.717, 1.165) is 6.54 Å². The van der Waals surface area contributed by atoms with Crippen LogP contribution in [0.2, 0.25) is 19.6 Å². The monoisotopic (exact) mass is 293 g/mol. The molecule has 0 aliphatic carbocycles. The first kappa shape index (κ1) is 16.5. The lowest BCUT2D eigenvalue weighted by Gasteiger charge is -2.22. The summed E-state index contributed by atoms with van der Waals surface area (Å²) in [6.45, 7) is 12.6. The van der Waals surface area contributed by atoms with Gasteiger partial charge in [-0.2, -0.15) is 11.2 Å². The average molecular weight is 294 g/mol.